The Morgan fingerprint density at radius 3 is 2.17 bits per heavy atom. The third kappa shape index (κ3) is 2.01. The molecule has 0 aliphatic carbocycles. The highest BCUT2D eigenvalue weighted by molar-refractivity contribution is 4.85. The predicted molar refractivity (Wildman–Crippen MR) is 54.4 cm³/mol. The Bertz CT molecular complexity index is 123. The molecule has 0 saturated carbocycles. The molecule has 1 heteroatoms. The molecule has 72 valence electrons. The number of rotatable bonds is 3. The zero-order valence-electron chi connectivity index (χ0n) is 9.01. The van der Waals surface area contributed by atoms with Gasteiger partial charge in [-0.05, 0) is 40.0 Å². The van der Waals surface area contributed by atoms with Crippen molar-refractivity contribution in [2.45, 2.75) is 71.5 Å². The second kappa shape index (κ2) is 4.27. The second-order valence-corrected chi connectivity index (χ2v) is 4.36. The summed E-state index contributed by atoms with van der Waals surface area (Å²) in [6, 6.07) is 2.44. The molecule has 1 aliphatic heterocycles. The number of likely N-dealkylation sites (tertiary alicyclic amines) is 1. The first-order valence-electron chi connectivity index (χ1n) is 5.44. The summed E-state index contributed by atoms with van der Waals surface area (Å²) in [6.45, 7) is 9.40. The van der Waals surface area contributed by atoms with E-state index in [1.54, 1.807) is 0 Å². The third-order valence-electron chi connectivity index (χ3n) is 3.24. The Morgan fingerprint density at radius 2 is 1.75 bits per heavy atom. The Labute approximate surface area is 77.1 Å². The van der Waals surface area contributed by atoms with Crippen LogP contribution in [0.4, 0.5) is 0 Å². The molecule has 0 radical (unpaired) electrons. The lowest BCUT2D eigenvalue weighted by Crippen LogP contribution is -2.40. The molecule has 0 aromatic rings. The molecule has 3 atom stereocenters. The fourth-order valence-electron chi connectivity index (χ4n) is 2.65. The van der Waals surface area contributed by atoms with E-state index in [4.69, 9.17) is 0 Å². The van der Waals surface area contributed by atoms with Crippen LogP contribution in [-0.4, -0.2) is 23.0 Å². The second-order valence-electron chi connectivity index (χ2n) is 4.36. The summed E-state index contributed by atoms with van der Waals surface area (Å²) in [6.07, 6.45) is 5.47. The summed E-state index contributed by atoms with van der Waals surface area (Å²) >= 11 is 0. The molecule has 0 N–H and O–H groups in total. The van der Waals surface area contributed by atoms with Gasteiger partial charge in [-0.3, -0.25) is 4.90 Å². The van der Waals surface area contributed by atoms with Crippen LogP contribution in [0, 0.1) is 0 Å². The van der Waals surface area contributed by atoms with E-state index in [1.807, 2.05) is 0 Å². The summed E-state index contributed by atoms with van der Waals surface area (Å²) < 4.78 is 0. The van der Waals surface area contributed by atoms with Crippen molar-refractivity contribution in [2.24, 2.45) is 0 Å². The molecule has 1 fully saturated rings. The number of hydrogen-bond acceptors (Lipinski definition) is 1. The average Bonchev–Trinajstić information content (AvgIpc) is 2.32. The van der Waals surface area contributed by atoms with Crippen LogP contribution in [0.25, 0.3) is 0 Å². The number of nitrogens with zero attached hydrogens (tertiary/aromatic N) is 1. The minimum absolute atomic E-state index is 0.794. The zero-order chi connectivity index (χ0) is 9.14. The Kier molecular flexibility index (Phi) is 3.57. The molecule has 0 spiro atoms. The van der Waals surface area contributed by atoms with Crippen LogP contribution >= 0.6 is 0 Å². The van der Waals surface area contributed by atoms with Crippen molar-refractivity contribution in [2.75, 3.05) is 0 Å². The smallest absolute Gasteiger partial charge is 0.00731 e. The van der Waals surface area contributed by atoms with E-state index in [1.165, 1.54) is 25.7 Å². The maximum Gasteiger partial charge on any atom is 0.00731 e. The SMILES string of the molecule is CCCC(C)N1C(C)CCC1C. The van der Waals surface area contributed by atoms with Crippen molar-refractivity contribution in [3.05, 3.63) is 0 Å². The van der Waals surface area contributed by atoms with E-state index >= 15 is 0 Å². The van der Waals surface area contributed by atoms with Gasteiger partial charge in [0.05, 0.1) is 0 Å². The van der Waals surface area contributed by atoms with Gasteiger partial charge in [-0.15, -0.1) is 0 Å². The Morgan fingerprint density at radius 1 is 1.25 bits per heavy atom. The summed E-state index contributed by atoms with van der Waals surface area (Å²) in [5.41, 5.74) is 0. The average molecular weight is 169 g/mol. The zero-order valence-corrected chi connectivity index (χ0v) is 9.01. The van der Waals surface area contributed by atoms with Crippen LogP contribution in [0.2, 0.25) is 0 Å². The van der Waals surface area contributed by atoms with E-state index in [0.29, 0.717) is 0 Å². The van der Waals surface area contributed by atoms with Crippen molar-refractivity contribution in [1.29, 1.82) is 0 Å². The van der Waals surface area contributed by atoms with Gasteiger partial charge < -0.3 is 0 Å². The molecule has 0 aromatic heterocycles. The van der Waals surface area contributed by atoms with Crippen molar-refractivity contribution in [3.63, 3.8) is 0 Å². The largest absolute Gasteiger partial charge is 0.295 e. The molecule has 0 aromatic carbocycles. The quantitative estimate of drug-likeness (QED) is 0.627. The Hall–Kier alpha value is -0.0400. The van der Waals surface area contributed by atoms with Crippen LogP contribution in [-0.2, 0) is 0 Å². The molecule has 1 saturated heterocycles. The first-order valence-corrected chi connectivity index (χ1v) is 5.44. The fourth-order valence-corrected chi connectivity index (χ4v) is 2.65. The molecule has 1 nitrogen and oxygen atoms in total. The van der Waals surface area contributed by atoms with Gasteiger partial charge in [-0.2, -0.15) is 0 Å². The van der Waals surface area contributed by atoms with Gasteiger partial charge in [0.1, 0.15) is 0 Å². The first kappa shape index (κ1) is 10.0. The summed E-state index contributed by atoms with van der Waals surface area (Å²) in [7, 11) is 0. The predicted octanol–water partition coefficient (Wildman–Crippen LogP) is 3.05. The van der Waals surface area contributed by atoms with Gasteiger partial charge in [-0.1, -0.05) is 13.3 Å². The van der Waals surface area contributed by atoms with Crippen molar-refractivity contribution >= 4 is 0 Å². The molecule has 1 rings (SSSR count). The molecule has 3 unspecified atom stereocenters. The van der Waals surface area contributed by atoms with Crippen LogP contribution in [0.5, 0.6) is 0 Å². The van der Waals surface area contributed by atoms with Crippen LogP contribution in [0.1, 0.15) is 53.4 Å². The molecular formula is C11H23N. The lowest BCUT2D eigenvalue weighted by Gasteiger charge is -2.32. The maximum absolute atomic E-state index is 2.70. The maximum atomic E-state index is 2.70. The van der Waals surface area contributed by atoms with E-state index in [9.17, 15) is 0 Å². The molecular weight excluding hydrogens is 146 g/mol. The van der Waals surface area contributed by atoms with Crippen LogP contribution in [0.15, 0.2) is 0 Å². The van der Waals surface area contributed by atoms with Crippen LogP contribution < -0.4 is 0 Å². The minimum Gasteiger partial charge on any atom is -0.295 e. The van der Waals surface area contributed by atoms with Gasteiger partial charge in [-0.25, -0.2) is 0 Å². The van der Waals surface area contributed by atoms with E-state index < -0.39 is 0 Å². The normalized spacial score (nSPS) is 34.0. The molecule has 0 bridgehead atoms. The van der Waals surface area contributed by atoms with Crippen molar-refractivity contribution in [1.82, 2.24) is 4.90 Å². The topological polar surface area (TPSA) is 3.24 Å². The lowest BCUT2D eigenvalue weighted by molar-refractivity contribution is 0.148. The van der Waals surface area contributed by atoms with E-state index in [-0.39, 0.29) is 0 Å². The third-order valence-corrected chi connectivity index (χ3v) is 3.24. The fraction of sp³-hybridized carbons (Fsp3) is 1.00. The lowest BCUT2D eigenvalue weighted by atomic mass is 10.1. The van der Waals surface area contributed by atoms with Crippen molar-refractivity contribution in [3.8, 4) is 0 Å². The van der Waals surface area contributed by atoms with Gasteiger partial charge in [0.2, 0.25) is 0 Å². The minimum atomic E-state index is 0.794. The highest BCUT2D eigenvalue weighted by atomic mass is 15.2. The Balaban J connectivity index is 2.47. The van der Waals surface area contributed by atoms with Gasteiger partial charge in [0, 0.05) is 18.1 Å². The summed E-state index contributed by atoms with van der Waals surface area (Å²) in [5.74, 6) is 0. The van der Waals surface area contributed by atoms with Crippen molar-refractivity contribution < 1.29 is 0 Å². The van der Waals surface area contributed by atoms with Crippen LogP contribution in [0.3, 0.4) is 0 Å². The standard InChI is InChI=1S/C11H23N/c1-5-6-9(2)12-10(3)7-8-11(12)4/h9-11H,5-8H2,1-4H3. The highest BCUT2D eigenvalue weighted by Crippen LogP contribution is 2.27. The monoisotopic (exact) mass is 169 g/mol. The highest BCUT2D eigenvalue weighted by Gasteiger charge is 2.30. The van der Waals surface area contributed by atoms with E-state index in [0.717, 1.165) is 18.1 Å². The molecule has 1 aliphatic rings. The summed E-state index contributed by atoms with van der Waals surface area (Å²) in [5, 5.41) is 0. The first-order chi connectivity index (χ1) is 5.66. The number of hydrogen-bond donors (Lipinski definition) is 0. The van der Waals surface area contributed by atoms with Gasteiger partial charge in [0.15, 0.2) is 0 Å². The molecule has 0 amide bonds. The van der Waals surface area contributed by atoms with Gasteiger partial charge in [0.25, 0.3) is 0 Å². The summed E-state index contributed by atoms with van der Waals surface area (Å²) in [4.78, 5) is 2.70. The van der Waals surface area contributed by atoms with Gasteiger partial charge >= 0.3 is 0 Å². The van der Waals surface area contributed by atoms with E-state index in [2.05, 4.69) is 32.6 Å². The molecule has 1 heterocycles. The molecule has 12 heavy (non-hydrogen) atoms.